The lowest BCUT2D eigenvalue weighted by molar-refractivity contribution is 0.488. The summed E-state index contributed by atoms with van der Waals surface area (Å²) in [7, 11) is 1.70. The largest absolute Gasteiger partial charge is 0.457 e. The molecule has 0 aliphatic heterocycles. The third-order valence-corrected chi connectivity index (χ3v) is 5.17. The summed E-state index contributed by atoms with van der Waals surface area (Å²) in [6.07, 6.45) is 5.12. The molecule has 0 radical (unpaired) electrons. The van der Waals surface area contributed by atoms with Crippen LogP contribution in [-0.2, 0) is 7.05 Å². The average molecular weight is 426 g/mol. The van der Waals surface area contributed by atoms with E-state index in [1.54, 1.807) is 19.4 Å². The highest BCUT2D eigenvalue weighted by molar-refractivity contribution is 5.84. The van der Waals surface area contributed by atoms with Gasteiger partial charge < -0.3 is 15.0 Å². The van der Waals surface area contributed by atoms with Gasteiger partial charge in [-0.05, 0) is 50.2 Å². The van der Waals surface area contributed by atoms with E-state index in [0.717, 1.165) is 27.7 Å². The van der Waals surface area contributed by atoms with Gasteiger partial charge in [-0.25, -0.2) is 15.0 Å². The number of fused-ring (bicyclic) bond motifs is 2. The molecule has 8 nitrogen and oxygen atoms in total. The van der Waals surface area contributed by atoms with Crippen molar-refractivity contribution in [3.63, 3.8) is 0 Å². The van der Waals surface area contributed by atoms with Crippen LogP contribution in [0, 0.1) is 0 Å². The number of pyridine rings is 2. The van der Waals surface area contributed by atoms with Crippen LogP contribution in [0.15, 0.2) is 65.8 Å². The van der Waals surface area contributed by atoms with Crippen LogP contribution < -0.4 is 15.6 Å². The molecule has 5 rings (SSSR count). The Labute approximate surface area is 183 Å². The minimum Gasteiger partial charge on any atom is -0.457 e. The predicted octanol–water partition coefficient (Wildman–Crippen LogP) is 4.48. The van der Waals surface area contributed by atoms with E-state index >= 15 is 0 Å². The number of rotatable bonds is 5. The van der Waals surface area contributed by atoms with Crippen molar-refractivity contribution in [2.45, 2.75) is 19.9 Å². The van der Waals surface area contributed by atoms with Crippen molar-refractivity contribution in [2.75, 3.05) is 5.32 Å². The number of nitrogens with zero attached hydrogens (tertiary/aromatic N) is 4. The fraction of sp³-hybridized carbons (Fsp3) is 0.167. The summed E-state index contributed by atoms with van der Waals surface area (Å²) in [5, 5.41) is 5.00. The number of nitrogens with one attached hydrogen (secondary N) is 2. The highest BCUT2D eigenvalue weighted by atomic mass is 16.5. The SMILES string of the molecule is CC(C)Nc1ncc(-c2ccc3cc(Oc4ccnc5[nH]ccc45)ccc3n2)c(=O)n1C. The van der Waals surface area contributed by atoms with Gasteiger partial charge in [0.15, 0.2) is 0 Å². The first kappa shape index (κ1) is 19.7. The molecule has 160 valence electrons. The van der Waals surface area contributed by atoms with E-state index in [0.29, 0.717) is 23.0 Å². The summed E-state index contributed by atoms with van der Waals surface area (Å²) < 4.78 is 7.60. The second-order valence-electron chi connectivity index (χ2n) is 7.86. The summed E-state index contributed by atoms with van der Waals surface area (Å²) in [5.41, 5.74) is 2.43. The first-order chi connectivity index (χ1) is 15.5. The molecule has 0 aliphatic carbocycles. The summed E-state index contributed by atoms with van der Waals surface area (Å²) in [5.74, 6) is 1.95. The Bertz CT molecular complexity index is 1500. The third-order valence-electron chi connectivity index (χ3n) is 5.17. The highest BCUT2D eigenvalue weighted by Gasteiger charge is 2.12. The van der Waals surface area contributed by atoms with E-state index < -0.39 is 0 Å². The molecular weight excluding hydrogens is 404 g/mol. The molecule has 4 aromatic heterocycles. The number of H-pyrrole nitrogens is 1. The molecule has 5 aromatic rings. The molecule has 2 N–H and O–H groups in total. The molecule has 0 fully saturated rings. The van der Waals surface area contributed by atoms with Crippen LogP contribution in [0.2, 0.25) is 0 Å². The normalized spacial score (nSPS) is 11.4. The average Bonchev–Trinajstić information content (AvgIpc) is 3.27. The molecule has 0 amide bonds. The quantitative estimate of drug-likeness (QED) is 0.430. The standard InChI is InChI=1S/C24H22N6O2/c1-14(2)28-24-27-13-18(23(31)30(24)3)20-6-4-15-12-16(5-7-19(15)29-20)32-21-9-11-26-22-17(21)8-10-25-22/h4-14H,1-3H3,(H,25,26)(H,27,28). The van der Waals surface area contributed by atoms with Gasteiger partial charge in [0.25, 0.3) is 5.56 Å². The van der Waals surface area contributed by atoms with Gasteiger partial charge in [-0.15, -0.1) is 0 Å². The second kappa shape index (κ2) is 7.81. The van der Waals surface area contributed by atoms with Crippen LogP contribution in [0.25, 0.3) is 33.2 Å². The van der Waals surface area contributed by atoms with Gasteiger partial charge in [0.05, 0.1) is 22.2 Å². The summed E-state index contributed by atoms with van der Waals surface area (Å²) >= 11 is 0. The topological polar surface area (TPSA) is 97.7 Å². The van der Waals surface area contributed by atoms with E-state index in [1.807, 2.05) is 62.5 Å². The van der Waals surface area contributed by atoms with Crippen molar-refractivity contribution in [1.82, 2.24) is 24.5 Å². The van der Waals surface area contributed by atoms with E-state index in [-0.39, 0.29) is 11.6 Å². The van der Waals surface area contributed by atoms with E-state index in [2.05, 4.69) is 25.3 Å². The Morgan fingerprint density at radius 1 is 1.09 bits per heavy atom. The van der Waals surface area contributed by atoms with Crippen LogP contribution in [-0.4, -0.2) is 30.5 Å². The predicted molar refractivity (Wildman–Crippen MR) is 125 cm³/mol. The number of aromatic amines is 1. The van der Waals surface area contributed by atoms with Crippen molar-refractivity contribution in [3.05, 3.63) is 71.4 Å². The molecule has 0 atom stereocenters. The van der Waals surface area contributed by atoms with Gasteiger partial charge in [-0.2, -0.15) is 0 Å². The van der Waals surface area contributed by atoms with Crippen LogP contribution in [0.4, 0.5) is 5.95 Å². The highest BCUT2D eigenvalue weighted by Crippen LogP contribution is 2.30. The van der Waals surface area contributed by atoms with Crippen molar-refractivity contribution >= 4 is 27.9 Å². The van der Waals surface area contributed by atoms with Crippen LogP contribution in [0.3, 0.4) is 0 Å². The summed E-state index contributed by atoms with van der Waals surface area (Å²) in [6.45, 7) is 4.00. The summed E-state index contributed by atoms with van der Waals surface area (Å²) in [4.78, 5) is 29.3. The number of aromatic nitrogens is 5. The van der Waals surface area contributed by atoms with Gasteiger partial charge in [-0.3, -0.25) is 9.36 Å². The van der Waals surface area contributed by atoms with Gasteiger partial charge in [-0.1, -0.05) is 6.07 Å². The van der Waals surface area contributed by atoms with Crippen LogP contribution in [0.5, 0.6) is 11.5 Å². The second-order valence-corrected chi connectivity index (χ2v) is 7.86. The molecule has 0 aliphatic rings. The Hall–Kier alpha value is -4.20. The Morgan fingerprint density at radius 2 is 1.97 bits per heavy atom. The van der Waals surface area contributed by atoms with Gasteiger partial charge >= 0.3 is 0 Å². The van der Waals surface area contributed by atoms with Gasteiger partial charge in [0.1, 0.15) is 17.1 Å². The Kier molecular flexibility index (Phi) is 4.82. The summed E-state index contributed by atoms with van der Waals surface area (Å²) in [6, 6.07) is 13.4. The van der Waals surface area contributed by atoms with E-state index in [4.69, 9.17) is 4.74 Å². The van der Waals surface area contributed by atoms with E-state index in [1.165, 1.54) is 4.57 Å². The molecule has 32 heavy (non-hydrogen) atoms. The molecule has 8 heteroatoms. The monoisotopic (exact) mass is 426 g/mol. The number of ether oxygens (including phenoxy) is 1. The zero-order valence-corrected chi connectivity index (χ0v) is 18.0. The molecule has 0 bridgehead atoms. The maximum Gasteiger partial charge on any atom is 0.264 e. The zero-order chi connectivity index (χ0) is 22.2. The smallest absolute Gasteiger partial charge is 0.264 e. The minimum atomic E-state index is -0.150. The molecular formula is C24H22N6O2. The molecule has 0 unspecified atom stereocenters. The van der Waals surface area contributed by atoms with E-state index in [9.17, 15) is 4.79 Å². The van der Waals surface area contributed by atoms with Crippen LogP contribution in [0.1, 0.15) is 13.8 Å². The first-order valence-electron chi connectivity index (χ1n) is 10.3. The number of hydrogen-bond donors (Lipinski definition) is 2. The Morgan fingerprint density at radius 3 is 2.81 bits per heavy atom. The van der Waals surface area contributed by atoms with Gasteiger partial charge in [0.2, 0.25) is 5.95 Å². The number of benzene rings is 1. The molecule has 1 aromatic carbocycles. The lowest BCUT2D eigenvalue weighted by Gasteiger charge is -2.13. The molecule has 0 saturated carbocycles. The molecule has 4 heterocycles. The fourth-order valence-electron chi connectivity index (χ4n) is 3.58. The fourth-order valence-corrected chi connectivity index (χ4v) is 3.58. The van der Waals surface area contributed by atoms with Crippen LogP contribution >= 0.6 is 0 Å². The third kappa shape index (κ3) is 3.56. The zero-order valence-electron chi connectivity index (χ0n) is 18.0. The van der Waals surface area contributed by atoms with Crippen molar-refractivity contribution in [1.29, 1.82) is 0 Å². The number of anilines is 1. The first-order valence-corrected chi connectivity index (χ1v) is 10.3. The maximum atomic E-state index is 12.9. The maximum absolute atomic E-state index is 12.9. The van der Waals surface area contributed by atoms with Crippen molar-refractivity contribution in [2.24, 2.45) is 7.05 Å². The van der Waals surface area contributed by atoms with Gasteiger partial charge in [0, 0.05) is 37.1 Å². The minimum absolute atomic E-state index is 0.150. The van der Waals surface area contributed by atoms with Crippen molar-refractivity contribution < 1.29 is 4.74 Å². The Balaban J connectivity index is 1.47. The molecule has 0 saturated heterocycles. The number of hydrogen-bond acceptors (Lipinski definition) is 6. The lowest BCUT2D eigenvalue weighted by atomic mass is 10.1. The van der Waals surface area contributed by atoms with Crippen molar-refractivity contribution in [3.8, 4) is 22.8 Å². The molecule has 0 spiro atoms. The lowest BCUT2D eigenvalue weighted by Crippen LogP contribution is -2.25.